The zero-order valence-corrected chi connectivity index (χ0v) is 14.4. The molecule has 1 amide bonds. The molecule has 2 rings (SSSR count). The maximum Gasteiger partial charge on any atom is 0.255 e. The molecule has 0 N–H and O–H groups in total. The third-order valence-corrected chi connectivity index (χ3v) is 6.08. The lowest BCUT2D eigenvalue weighted by Crippen LogP contribution is -2.41. The quantitative estimate of drug-likeness (QED) is 0.811. The Kier molecular flexibility index (Phi) is 5.06. The molecule has 0 aliphatic carbocycles. The maximum absolute atomic E-state index is 12.6. The minimum Gasteiger partial charge on any atom is -0.378 e. The van der Waals surface area contributed by atoms with Crippen molar-refractivity contribution in [2.75, 3.05) is 26.3 Å². The lowest BCUT2D eigenvalue weighted by molar-refractivity contribution is 0.0300. The van der Waals surface area contributed by atoms with Gasteiger partial charge < -0.3 is 9.64 Å². The van der Waals surface area contributed by atoms with Gasteiger partial charge in [0.05, 0.1) is 28.9 Å². The summed E-state index contributed by atoms with van der Waals surface area (Å²) in [5.74, 6) is -0.259. The van der Waals surface area contributed by atoms with Crippen molar-refractivity contribution >= 4 is 31.7 Å². The molecule has 5 nitrogen and oxygen atoms in total. The molecule has 0 aromatic heterocycles. The first-order chi connectivity index (χ1) is 9.84. The Morgan fingerprint density at radius 3 is 2.48 bits per heavy atom. The van der Waals surface area contributed by atoms with E-state index in [0.717, 1.165) is 0 Å². The summed E-state index contributed by atoms with van der Waals surface area (Å²) >= 11 is 3.27. The number of ether oxygens (including phenoxy) is 1. The van der Waals surface area contributed by atoms with Gasteiger partial charge in [0, 0.05) is 17.6 Å². The molecule has 0 unspecified atom stereocenters. The highest BCUT2D eigenvalue weighted by atomic mass is 79.9. The average molecular weight is 376 g/mol. The van der Waals surface area contributed by atoms with Crippen molar-refractivity contribution < 1.29 is 17.9 Å². The van der Waals surface area contributed by atoms with Crippen LogP contribution in [0.1, 0.15) is 24.2 Å². The second-order valence-corrected chi connectivity index (χ2v) is 8.53. The Bertz CT molecular complexity index is 636. The SMILES string of the molecule is CC(C)S(=O)(=O)c1cc(Br)ccc1C(=O)N1CCOCC1. The molecule has 1 saturated heterocycles. The lowest BCUT2D eigenvalue weighted by atomic mass is 10.2. The predicted octanol–water partition coefficient (Wildman–Crippen LogP) is 2.10. The number of carbonyl (C=O) groups excluding carboxylic acids is 1. The number of amides is 1. The molecule has 21 heavy (non-hydrogen) atoms. The second kappa shape index (κ2) is 6.46. The van der Waals surface area contributed by atoms with Crippen LogP contribution in [-0.2, 0) is 14.6 Å². The molecule has 1 heterocycles. The van der Waals surface area contributed by atoms with Crippen molar-refractivity contribution in [3.63, 3.8) is 0 Å². The van der Waals surface area contributed by atoms with Crippen LogP contribution < -0.4 is 0 Å². The van der Waals surface area contributed by atoms with Gasteiger partial charge in [-0.25, -0.2) is 8.42 Å². The fourth-order valence-electron chi connectivity index (χ4n) is 2.10. The summed E-state index contributed by atoms with van der Waals surface area (Å²) in [7, 11) is -3.52. The lowest BCUT2D eigenvalue weighted by Gasteiger charge is -2.27. The first kappa shape index (κ1) is 16.5. The standard InChI is InChI=1S/C14H18BrNO4S/c1-10(2)21(18,19)13-9-11(15)3-4-12(13)14(17)16-5-7-20-8-6-16/h3-4,9-10H,5-8H2,1-2H3. The van der Waals surface area contributed by atoms with E-state index in [1.165, 1.54) is 6.07 Å². The smallest absolute Gasteiger partial charge is 0.255 e. The van der Waals surface area contributed by atoms with E-state index in [9.17, 15) is 13.2 Å². The molecule has 0 atom stereocenters. The number of rotatable bonds is 3. The van der Waals surface area contributed by atoms with Gasteiger partial charge in [0.25, 0.3) is 5.91 Å². The first-order valence-corrected chi connectivity index (χ1v) is 9.08. The largest absolute Gasteiger partial charge is 0.378 e. The third-order valence-electron chi connectivity index (χ3n) is 3.40. The molecule has 0 spiro atoms. The van der Waals surface area contributed by atoms with E-state index in [2.05, 4.69) is 15.9 Å². The molecule has 1 fully saturated rings. The topological polar surface area (TPSA) is 63.7 Å². The number of halogens is 1. The van der Waals surface area contributed by atoms with Gasteiger partial charge in [0.15, 0.2) is 9.84 Å². The molecule has 0 bridgehead atoms. The summed E-state index contributed by atoms with van der Waals surface area (Å²) in [4.78, 5) is 14.3. The number of benzene rings is 1. The van der Waals surface area contributed by atoms with Crippen molar-refractivity contribution in [3.8, 4) is 0 Å². The van der Waals surface area contributed by atoms with Gasteiger partial charge in [-0.2, -0.15) is 0 Å². The molecule has 116 valence electrons. The Hall–Kier alpha value is -0.920. The van der Waals surface area contributed by atoms with Gasteiger partial charge in [-0.1, -0.05) is 15.9 Å². The summed E-state index contributed by atoms with van der Waals surface area (Å²) in [6.45, 7) is 5.15. The summed E-state index contributed by atoms with van der Waals surface area (Å²) < 4.78 is 30.8. The van der Waals surface area contributed by atoms with E-state index in [4.69, 9.17) is 4.74 Å². The van der Waals surface area contributed by atoms with Crippen molar-refractivity contribution in [1.82, 2.24) is 4.90 Å². The highest BCUT2D eigenvalue weighted by molar-refractivity contribution is 9.10. The van der Waals surface area contributed by atoms with Gasteiger partial charge >= 0.3 is 0 Å². The number of hydrogen-bond acceptors (Lipinski definition) is 4. The van der Waals surface area contributed by atoms with Gasteiger partial charge in [-0.15, -0.1) is 0 Å². The number of sulfone groups is 1. The molecule has 1 aromatic rings. The fraction of sp³-hybridized carbons (Fsp3) is 0.500. The average Bonchev–Trinajstić information content (AvgIpc) is 2.47. The summed E-state index contributed by atoms with van der Waals surface area (Å²) in [6.07, 6.45) is 0. The Morgan fingerprint density at radius 1 is 1.29 bits per heavy atom. The van der Waals surface area contributed by atoms with Crippen LogP contribution in [0.4, 0.5) is 0 Å². The van der Waals surface area contributed by atoms with Crippen molar-refractivity contribution in [1.29, 1.82) is 0 Å². The number of morpholine rings is 1. The van der Waals surface area contributed by atoms with E-state index in [1.807, 2.05) is 0 Å². The highest BCUT2D eigenvalue weighted by Crippen LogP contribution is 2.26. The molecular formula is C14H18BrNO4S. The van der Waals surface area contributed by atoms with Crippen LogP contribution in [0.2, 0.25) is 0 Å². The summed E-state index contributed by atoms with van der Waals surface area (Å²) in [6, 6.07) is 4.76. The van der Waals surface area contributed by atoms with Crippen LogP contribution in [0.25, 0.3) is 0 Å². The van der Waals surface area contributed by atoms with E-state index in [1.54, 1.807) is 30.9 Å². The monoisotopic (exact) mass is 375 g/mol. The summed E-state index contributed by atoms with van der Waals surface area (Å²) in [5, 5.41) is -0.581. The highest BCUT2D eigenvalue weighted by Gasteiger charge is 2.28. The molecule has 1 aliphatic rings. The van der Waals surface area contributed by atoms with Gasteiger partial charge in [-0.05, 0) is 32.0 Å². The Labute approximate surface area is 133 Å². The van der Waals surface area contributed by atoms with E-state index >= 15 is 0 Å². The number of hydrogen-bond donors (Lipinski definition) is 0. The van der Waals surface area contributed by atoms with Crippen molar-refractivity contribution in [2.24, 2.45) is 0 Å². The molecular weight excluding hydrogens is 358 g/mol. The minimum absolute atomic E-state index is 0.0865. The van der Waals surface area contributed by atoms with E-state index in [0.29, 0.717) is 30.8 Å². The fourth-order valence-corrected chi connectivity index (χ4v) is 3.87. The number of carbonyl (C=O) groups is 1. The maximum atomic E-state index is 12.6. The van der Waals surface area contributed by atoms with Crippen LogP contribution in [-0.4, -0.2) is 50.8 Å². The predicted molar refractivity (Wildman–Crippen MR) is 83.2 cm³/mol. The van der Waals surface area contributed by atoms with Crippen LogP contribution in [0.3, 0.4) is 0 Å². The van der Waals surface area contributed by atoms with Gasteiger partial charge in [0.1, 0.15) is 0 Å². The van der Waals surface area contributed by atoms with Crippen LogP contribution in [0, 0.1) is 0 Å². The van der Waals surface area contributed by atoms with Crippen LogP contribution in [0.15, 0.2) is 27.6 Å². The molecule has 1 aromatic carbocycles. The normalized spacial score (nSPS) is 16.3. The van der Waals surface area contributed by atoms with E-state index < -0.39 is 15.1 Å². The van der Waals surface area contributed by atoms with Crippen LogP contribution in [0.5, 0.6) is 0 Å². The molecule has 1 aliphatic heterocycles. The van der Waals surface area contributed by atoms with Crippen molar-refractivity contribution in [3.05, 3.63) is 28.2 Å². The minimum atomic E-state index is -3.52. The van der Waals surface area contributed by atoms with Crippen LogP contribution >= 0.6 is 15.9 Å². The third kappa shape index (κ3) is 3.46. The van der Waals surface area contributed by atoms with Gasteiger partial charge in [0.2, 0.25) is 0 Å². The van der Waals surface area contributed by atoms with E-state index in [-0.39, 0.29) is 16.4 Å². The zero-order chi connectivity index (χ0) is 15.6. The van der Waals surface area contributed by atoms with Crippen molar-refractivity contribution in [2.45, 2.75) is 24.0 Å². The second-order valence-electron chi connectivity index (χ2n) is 5.14. The molecule has 7 heteroatoms. The Balaban J connectivity index is 2.46. The Morgan fingerprint density at radius 2 is 1.90 bits per heavy atom. The first-order valence-electron chi connectivity index (χ1n) is 6.74. The number of nitrogens with zero attached hydrogens (tertiary/aromatic N) is 1. The summed E-state index contributed by atoms with van der Waals surface area (Å²) in [5.41, 5.74) is 0.230. The van der Waals surface area contributed by atoms with Gasteiger partial charge in [-0.3, -0.25) is 4.79 Å². The molecule has 0 radical (unpaired) electrons. The zero-order valence-electron chi connectivity index (χ0n) is 12.0. The molecule has 0 saturated carbocycles.